The highest BCUT2D eigenvalue weighted by atomic mass is 15.2. The molecular formula is C15H17N3. The molecule has 0 aliphatic carbocycles. The average molecular weight is 239 g/mol. The molecule has 1 atom stereocenters. The highest BCUT2D eigenvalue weighted by Crippen LogP contribution is 2.34. The average Bonchev–Trinajstić information content (AvgIpc) is 2.81. The fraction of sp³-hybridized carbons (Fsp3) is 0.200. The number of nitrogen functional groups attached to an aromatic ring is 1. The van der Waals surface area contributed by atoms with E-state index in [1.165, 1.54) is 22.5 Å². The van der Waals surface area contributed by atoms with Crippen LogP contribution in [0, 0.1) is 0 Å². The third-order valence-electron chi connectivity index (χ3n) is 3.33. The van der Waals surface area contributed by atoms with Gasteiger partial charge in [-0.2, -0.15) is 0 Å². The van der Waals surface area contributed by atoms with Crippen molar-refractivity contribution in [2.75, 3.05) is 16.4 Å². The zero-order valence-electron chi connectivity index (χ0n) is 10.4. The van der Waals surface area contributed by atoms with E-state index in [9.17, 15) is 0 Å². The maximum absolute atomic E-state index is 5.71. The van der Waals surface area contributed by atoms with Gasteiger partial charge in [-0.05, 0) is 41.8 Å². The van der Waals surface area contributed by atoms with Gasteiger partial charge in [0, 0.05) is 5.69 Å². The molecule has 1 heterocycles. The lowest BCUT2D eigenvalue weighted by molar-refractivity contribution is 0.802. The van der Waals surface area contributed by atoms with Crippen molar-refractivity contribution >= 4 is 17.1 Å². The lowest BCUT2D eigenvalue weighted by Gasteiger charge is -2.07. The normalized spacial score (nSPS) is 16.8. The van der Waals surface area contributed by atoms with Crippen molar-refractivity contribution in [3.05, 3.63) is 42.5 Å². The minimum absolute atomic E-state index is 0.349. The summed E-state index contributed by atoms with van der Waals surface area (Å²) in [6.07, 6.45) is 1.41. The lowest BCUT2D eigenvalue weighted by atomic mass is 10.0. The largest absolute Gasteiger partial charge is 0.399 e. The van der Waals surface area contributed by atoms with Crippen LogP contribution >= 0.6 is 0 Å². The van der Waals surface area contributed by atoms with Crippen LogP contribution in [-0.4, -0.2) is 6.17 Å². The predicted octanol–water partition coefficient (Wildman–Crippen LogP) is 3.51. The number of hydrogen-bond donors (Lipinski definition) is 3. The van der Waals surface area contributed by atoms with Gasteiger partial charge in [0.15, 0.2) is 0 Å². The Morgan fingerprint density at radius 2 is 1.61 bits per heavy atom. The first kappa shape index (κ1) is 11.0. The topological polar surface area (TPSA) is 50.1 Å². The van der Waals surface area contributed by atoms with Gasteiger partial charge in [0.05, 0.1) is 17.5 Å². The maximum Gasteiger partial charge on any atom is 0.0962 e. The van der Waals surface area contributed by atoms with Crippen molar-refractivity contribution in [2.45, 2.75) is 19.5 Å². The van der Waals surface area contributed by atoms with Crippen LogP contribution in [0.15, 0.2) is 42.5 Å². The van der Waals surface area contributed by atoms with E-state index in [4.69, 9.17) is 5.73 Å². The molecule has 1 aliphatic rings. The van der Waals surface area contributed by atoms with Gasteiger partial charge in [-0.1, -0.05) is 25.1 Å². The molecule has 2 aromatic carbocycles. The standard InChI is InChI=1S/C15H17N3/c1-2-15-17-13-8-5-11(9-14(13)18-15)10-3-6-12(16)7-4-10/h3-9,15,17-18H,2,16H2,1H3. The van der Waals surface area contributed by atoms with E-state index in [1.807, 2.05) is 12.1 Å². The molecule has 2 aromatic rings. The Hall–Kier alpha value is -2.16. The Balaban J connectivity index is 1.94. The first-order chi connectivity index (χ1) is 8.76. The van der Waals surface area contributed by atoms with Gasteiger partial charge in [-0.3, -0.25) is 0 Å². The summed E-state index contributed by atoms with van der Waals surface area (Å²) in [7, 11) is 0. The fourth-order valence-electron chi connectivity index (χ4n) is 2.26. The summed E-state index contributed by atoms with van der Waals surface area (Å²) in [6, 6.07) is 14.4. The van der Waals surface area contributed by atoms with Crippen molar-refractivity contribution in [1.29, 1.82) is 0 Å². The number of nitrogens with one attached hydrogen (secondary N) is 2. The molecule has 0 fully saturated rings. The van der Waals surface area contributed by atoms with Crippen LogP contribution in [0.25, 0.3) is 11.1 Å². The second-order valence-corrected chi connectivity index (χ2v) is 4.63. The van der Waals surface area contributed by atoms with Crippen LogP contribution in [0.4, 0.5) is 17.1 Å². The van der Waals surface area contributed by atoms with E-state index in [-0.39, 0.29) is 0 Å². The zero-order valence-corrected chi connectivity index (χ0v) is 10.4. The summed E-state index contributed by atoms with van der Waals surface area (Å²) in [5, 5.41) is 6.91. The number of benzene rings is 2. The van der Waals surface area contributed by atoms with E-state index >= 15 is 0 Å². The number of nitrogens with two attached hydrogens (primary N) is 1. The molecule has 0 bridgehead atoms. The van der Waals surface area contributed by atoms with Crippen LogP contribution in [0.1, 0.15) is 13.3 Å². The Bertz CT molecular complexity index is 560. The van der Waals surface area contributed by atoms with E-state index in [0.29, 0.717) is 6.17 Å². The molecule has 1 unspecified atom stereocenters. The Morgan fingerprint density at radius 1 is 0.944 bits per heavy atom. The van der Waals surface area contributed by atoms with E-state index < -0.39 is 0 Å². The third kappa shape index (κ3) is 1.88. The monoisotopic (exact) mass is 239 g/mol. The zero-order chi connectivity index (χ0) is 12.5. The Morgan fingerprint density at radius 3 is 2.33 bits per heavy atom. The minimum atomic E-state index is 0.349. The van der Waals surface area contributed by atoms with E-state index in [1.54, 1.807) is 0 Å². The van der Waals surface area contributed by atoms with E-state index in [0.717, 1.165) is 12.1 Å². The molecule has 4 N–H and O–H groups in total. The molecule has 92 valence electrons. The lowest BCUT2D eigenvalue weighted by Crippen LogP contribution is -2.20. The highest BCUT2D eigenvalue weighted by molar-refractivity contribution is 5.81. The molecular weight excluding hydrogens is 222 g/mol. The molecule has 3 rings (SSSR count). The van der Waals surface area contributed by atoms with Crippen molar-refractivity contribution < 1.29 is 0 Å². The Labute approximate surface area is 107 Å². The summed E-state index contributed by atoms with van der Waals surface area (Å²) < 4.78 is 0. The molecule has 0 amide bonds. The van der Waals surface area contributed by atoms with Gasteiger partial charge >= 0.3 is 0 Å². The fourth-order valence-corrected chi connectivity index (χ4v) is 2.26. The first-order valence-electron chi connectivity index (χ1n) is 6.29. The van der Waals surface area contributed by atoms with Crippen molar-refractivity contribution in [2.24, 2.45) is 0 Å². The summed E-state index contributed by atoms with van der Waals surface area (Å²) in [5.74, 6) is 0. The predicted molar refractivity (Wildman–Crippen MR) is 77.6 cm³/mol. The molecule has 3 nitrogen and oxygen atoms in total. The van der Waals surface area contributed by atoms with Gasteiger partial charge in [-0.15, -0.1) is 0 Å². The van der Waals surface area contributed by atoms with E-state index in [2.05, 4.69) is 47.9 Å². The number of rotatable bonds is 2. The smallest absolute Gasteiger partial charge is 0.0962 e. The van der Waals surface area contributed by atoms with Gasteiger partial charge < -0.3 is 16.4 Å². The van der Waals surface area contributed by atoms with Crippen LogP contribution < -0.4 is 16.4 Å². The van der Waals surface area contributed by atoms with Crippen LogP contribution in [0.5, 0.6) is 0 Å². The quantitative estimate of drug-likeness (QED) is 0.703. The summed E-state index contributed by atoms with van der Waals surface area (Å²) >= 11 is 0. The van der Waals surface area contributed by atoms with Crippen molar-refractivity contribution in [1.82, 2.24) is 0 Å². The van der Waals surface area contributed by atoms with Crippen molar-refractivity contribution in [3.8, 4) is 11.1 Å². The molecule has 0 aromatic heterocycles. The van der Waals surface area contributed by atoms with Crippen molar-refractivity contribution in [3.63, 3.8) is 0 Å². The summed E-state index contributed by atoms with van der Waals surface area (Å²) in [4.78, 5) is 0. The minimum Gasteiger partial charge on any atom is -0.399 e. The molecule has 0 radical (unpaired) electrons. The molecule has 3 heteroatoms. The molecule has 0 saturated heterocycles. The second-order valence-electron chi connectivity index (χ2n) is 4.63. The Kier molecular flexibility index (Phi) is 2.59. The highest BCUT2D eigenvalue weighted by Gasteiger charge is 2.17. The maximum atomic E-state index is 5.71. The van der Waals surface area contributed by atoms with Gasteiger partial charge in [-0.25, -0.2) is 0 Å². The van der Waals surface area contributed by atoms with Gasteiger partial charge in [0.1, 0.15) is 0 Å². The van der Waals surface area contributed by atoms with Crippen LogP contribution in [0.3, 0.4) is 0 Å². The first-order valence-corrected chi connectivity index (χ1v) is 6.29. The second kappa shape index (κ2) is 4.26. The summed E-state index contributed by atoms with van der Waals surface area (Å²) in [5.41, 5.74) is 11.3. The third-order valence-corrected chi connectivity index (χ3v) is 3.33. The van der Waals surface area contributed by atoms with Crippen LogP contribution in [-0.2, 0) is 0 Å². The number of fused-ring (bicyclic) bond motifs is 1. The van der Waals surface area contributed by atoms with Crippen LogP contribution in [0.2, 0.25) is 0 Å². The molecule has 0 saturated carbocycles. The number of anilines is 3. The SMILES string of the molecule is CCC1Nc2ccc(-c3ccc(N)cc3)cc2N1. The van der Waals surface area contributed by atoms with Gasteiger partial charge in [0.25, 0.3) is 0 Å². The summed E-state index contributed by atoms with van der Waals surface area (Å²) in [6.45, 7) is 2.16. The molecule has 1 aliphatic heterocycles. The molecule has 18 heavy (non-hydrogen) atoms. The number of hydrogen-bond acceptors (Lipinski definition) is 3. The van der Waals surface area contributed by atoms with Gasteiger partial charge in [0.2, 0.25) is 0 Å². The molecule has 0 spiro atoms.